The number of anilines is 3. The second-order valence-electron chi connectivity index (χ2n) is 3.77. The van der Waals surface area contributed by atoms with Gasteiger partial charge in [0.05, 0.1) is 10.7 Å². The van der Waals surface area contributed by atoms with Gasteiger partial charge in [-0.15, -0.1) is 0 Å². The lowest BCUT2D eigenvalue weighted by Crippen LogP contribution is -1.97. The molecule has 4 heteroatoms. The predicted molar refractivity (Wildman–Crippen MR) is 70.3 cm³/mol. The molecule has 0 aliphatic heterocycles. The van der Waals surface area contributed by atoms with Crippen molar-refractivity contribution < 1.29 is 4.39 Å². The molecular formula is C13H12ClFN2. The molecule has 0 amide bonds. The molecule has 0 radical (unpaired) electrons. The minimum absolute atomic E-state index is 0.335. The molecular weight excluding hydrogens is 239 g/mol. The maximum Gasteiger partial charge on any atom is 0.125 e. The molecule has 88 valence electrons. The highest BCUT2D eigenvalue weighted by Crippen LogP contribution is 2.29. The Kier molecular flexibility index (Phi) is 3.20. The lowest BCUT2D eigenvalue weighted by atomic mass is 10.1. The van der Waals surface area contributed by atoms with E-state index in [4.69, 9.17) is 17.3 Å². The summed E-state index contributed by atoms with van der Waals surface area (Å²) >= 11 is 5.98. The zero-order valence-electron chi connectivity index (χ0n) is 9.30. The minimum Gasteiger partial charge on any atom is -0.398 e. The standard InChI is InChI=1S/C13H12ClFN2/c1-8-11(16)3-2-4-12(8)17-13-7-9(15)5-6-10(13)14/h2-7,17H,16H2,1H3. The van der Waals surface area contributed by atoms with Gasteiger partial charge in [-0.1, -0.05) is 17.7 Å². The van der Waals surface area contributed by atoms with E-state index in [0.29, 0.717) is 16.4 Å². The molecule has 2 aromatic rings. The van der Waals surface area contributed by atoms with Crippen molar-refractivity contribution in [3.63, 3.8) is 0 Å². The van der Waals surface area contributed by atoms with Crippen LogP contribution in [0.4, 0.5) is 21.5 Å². The van der Waals surface area contributed by atoms with Crippen LogP contribution in [-0.4, -0.2) is 0 Å². The van der Waals surface area contributed by atoms with Crippen molar-refractivity contribution >= 4 is 28.7 Å². The van der Waals surface area contributed by atoms with E-state index >= 15 is 0 Å². The molecule has 0 bridgehead atoms. The van der Waals surface area contributed by atoms with Crippen LogP contribution < -0.4 is 11.1 Å². The van der Waals surface area contributed by atoms with Crippen LogP contribution in [0.2, 0.25) is 5.02 Å². The second kappa shape index (κ2) is 4.63. The van der Waals surface area contributed by atoms with Crippen LogP contribution in [-0.2, 0) is 0 Å². The second-order valence-corrected chi connectivity index (χ2v) is 4.18. The van der Waals surface area contributed by atoms with Gasteiger partial charge >= 0.3 is 0 Å². The quantitative estimate of drug-likeness (QED) is 0.787. The third-order valence-electron chi connectivity index (χ3n) is 2.57. The highest BCUT2D eigenvalue weighted by Gasteiger charge is 2.05. The maximum atomic E-state index is 13.1. The number of nitrogens with one attached hydrogen (secondary N) is 1. The van der Waals surface area contributed by atoms with Gasteiger partial charge in [0.25, 0.3) is 0 Å². The Labute approximate surface area is 104 Å². The molecule has 0 spiro atoms. The Morgan fingerprint density at radius 3 is 2.71 bits per heavy atom. The van der Waals surface area contributed by atoms with Crippen molar-refractivity contribution in [3.05, 3.63) is 52.8 Å². The predicted octanol–water partition coefficient (Wildman–Crippen LogP) is 4.11. The van der Waals surface area contributed by atoms with E-state index in [-0.39, 0.29) is 5.82 Å². The number of nitrogens with two attached hydrogens (primary N) is 1. The summed E-state index contributed by atoms with van der Waals surface area (Å²) in [5, 5.41) is 3.54. The molecule has 0 heterocycles. The molecule has 0 unspecified atom stereocenters. The zero-order valence-corrected chi connectivity index (χ0v) is 10.1. The number of nitrogen functional groups attached to an aromatic ring is 1. The molecule has 3 N–H and O–H groups in total. The van der Waals surface area contributed by atoms with Gasteiger partial charge in [0.1, 0.15) is 5.82 Å². The molecule has 0 fully saturated rings. The first-order chi connectivity index (χ1) is 8.08. The summed E-state index contributed by atoms with van der Waals surface area (Å²) in [5.41, 5.74) is 8.73. The molecule has 2 nitrogen and oxygen atoms in total. The summed E-state index contributed by atoms with van der Waals surface area (Å²) in [7, 11) is 0. The number of hydrogen-bond acceptors (Lipinski definition) is 2. The third-order valence-corrected chi connectivity index (χ3v) is 2.90. The Hall–Kier alpha value is -1.74. The fourth-order valence-corrected chi connectivity index (χ4v) is 1.69. The lowest BCUT2D eigenvalue weighted by molar-refractivity contribution is 0.628. The summed E-state index contributed by atoms with van der Waals surface area (Å²) < 4.78 is 13.1. The van der Waals surface area contributed by atoms with Crippen molar-refractivity contribution in [2.24, 2.45) is 0 Å². The van der Waals surface area contributed by atoms with Crippen LogP contribution in [0, 0.1) is 12.7 Å². The zero-order chi connectivity index (χ0) is 12.4. The monoisotopic (exact) mass is 250 g/mol. The molecule has 0 atom stereocenters. The molecule has 0 aliphatic rings. The van der Waals surface area contributed by atoms with Gasteiger partial charge in [0.2, 0.25) is 0 Å². The minimum atomic E-state index is -0.335. The first-order valence-electron chi connectivity index (χ1n) is 5.15. The number of rotatable bonds is 2. The van der Waals surface area contributed by atoms with Crippen LogP contribution in [0.15, 0.2) is 36.4 Å². The summed E-state index contributed by atoms with van der Waals surface area (Å²) in [6, 6.07) is 9.70. The normalized spacial score (nSPS) is 10.3. The van der Waals surface area contributed by atoms with Crippen molar-refractivity contribution in [1.29, 1.82) is 0 Å². The van der Waals surface area contributed by atoms with E-state index in [2.05, 4.69) is 5.32 Å². The summed E-state index contributed by atoms with van der Waals surface area (Å²) in [6.45, 7) is 1.89. The van der Waals surface area contributed by atoms with E-state index in [1.807, 2.05) is 25.1 Å². The van der Waals surface area contributed by atoms with Gasteiger partial charge in [-0.3, -0.25) is 0 Å². The summed E-state index contributed by atoms with van der Waals surface area (Å²) in [6.07, 6.45) is 0. The number of hydrogen-bond donors (Lipinski definition) is 2. The van der Waals surface area contributed by atoms with Gasteiger partial charge in [0, 0.05) is 11.4 Å². The van der Waals surface area contributed by atoms with Crippen molar-refractivity contribution in [2.45, 2.75) is 6.92 Å². The van der Waals surface area contributed by atoms with Gasteiger partial charge < -0.3 is 11.1 Å². The summed E-state index contributed by atoms with van der Waals surface area (Å²) in [5.74, 6) is -0.335. The van der Waals surface area contributed by atoms with Crippen molar-refractivity contribution in [3.8, 4) is 0 Å². The molecule has 2 aromatic carbocycles. The first-order valence-corrected chi connectivity index (χ1v) is 5.53. The highest BCUT2D eigenvalue weighted by molar-refractivity contribution is 6.33. The Morgan fingerprint density at radius 1 is 1.18 bits per heavy atom. The largest absolute Gasteiger partial charge is 0.398 e. The van der Waals surface area contributed by atoms with Gasteiger partial charge in [-0.25, -0.2) is 4.39 Å². The lowest BCUT2D eigenvalue weighted by Gasteiger charge is -2.12. The Morgan fingerprint density at radius 2 is 1.94 bits per heavy atom. The van der Waals surface area contributed by atoms with Gasteiger partial charge in [-0.05, 0) is 42.8 Å². The smallest absolute Gasteiger partial charge is 0.125 e. The van der Waals surface area contributed by atoms with Crippen molar-refractivity contribution in [2.75, 3.05) is 11.1 Å². The van der Waals surface area contributed by atoms with Crippen LogP contribution in [0.25, 0.3) is 0 Å². The fourth-order valence-electron chi connectivity index (χ4n) is 1.53. The third kappa shape index (κ3) is 2.50. The first kappa shape index (κ1) is 11.7. The number of halogens is 2. The Bertz CT molecular complexity index is 555. The topological polar surface area (TPSA) is 38.0 Å². The van der Waals surface area contributed by atoms with Crippen molar-refractivity contribution in [1.82, 2.24) is 0 Å². The Balaban J connectivity index is 2.38. The molecule has 0 aliphatic carbocycles. The van der Waals surface area contributed by atoms with E-state index in [0.717, 1.165) is 11.3 Å². The average Bonchev–Trinajstić information content (AvgIpc) is 2.30. The molecule has 2 rings (SSSR count). The van der Waals surface area contributed by atoms with E-state index in [1.54, 1.807) is 0 Å². The van der Waals surface area contributed by atoms with Crippen LogP contribution in [0.3, 0.4) is 0 Å². The SMILES string of the molecule is Cc1c(N)cccc1Nc1cc(F)ccc1Cl. The van der Waals surface area contributed by atoms with E-state index in [1.165, 1.54) is 18.2 Å². The number of benzene rings is 2. The molecule has 0 aromatic heterocycles. The summed E-state index contributed by atoms with van der Waals surface area (Å²) in [4.78, 5) is 0. The average molecular weight is 251 g/mol. The van der Waals surface area contributed by atoms with Gasteiger partial charge in [0.15, 0.2) is 0 Å². The molecule has 0 saturated carbocycles. The molecule has 17 heavy (non-hydrogen) atoms. The van der Waals surface area contributed by atoms with E-state index < -0.39 is 0 Å². The van der Waals surface area contributed by atoms with Gasteiger partial charge in [-0.2, -0.15) is 0 Å². The van der Waals surface area contributed by atoms with Crippen LogP contribution in [0.5, 0.6) is 0 Å². The highest BCUT2D eigenvalue weighted by atomic mass is 35.5. The van der Waals surface area contributed by atoms with Crippen LogP contribution >= 0.6 is 11.6 Å². The van der Waals surface area contributed by atoms with E-state index in [9.17, 15) is 4.39 Å². The molecule has 0 saturated heterocycles. The fraction of sp³-hybridized carbons (Fsp3) is 0.0769. The maximum absolute atomic E-state index is 13.1. The van der Waals surface area contributed by atoms with Crippen LogP contribution in [0.1, 0.15) is 5.56 Å².